The number of rotatable bonds is 13. The second kappa shape index (κ2) is 14.1. The molecule has 1 unspecified atom stereocenters. The minimum Gasteiger partial charge on any atom is -0.493 e. The molecule has 1 N–H and O–H groups in total. The second-order valence-corrected chi connectivity index (χ2v) is 9.33. The molecular weight excluding hydrogens is 516 g/mol. The summed E-state index contributed by atoms with van der Waals surface area (Å²) in [5.41, 5.74) is 1.76. The smallest absolute Gasteiger partial charge is 0.338 e. The van der Waals surface area contributed by atoms with Gasteiger partial charge in [-0.15, -0.1) is 0 Å². The molecule has 11 nitrogen and oxygen atoms in total. The van der Waals surface area contributed by atoms with Crippen molar-refractivity contribution in [2.75, 3.05) is 51.3 Å². The van der Waals surface area contributed by atoms with Crippen LogP contribution in [0.1, 0.15) is 31.4 Å². The van der Waals surface area contributed by atoms with Crippen LogP contribution in [0.25, 0.3) is 10.9 Å². The van der Waals surface area contributed by atoms with Crippen LogP contribution in [0.15, 0.2) is 54.6 Å². The third kappa shape index (κ3) is 7.60. The Morgan fingerprint density at radius 1 is 1.02 bits per heavy atom. The Kier molecular flexibility index (Phi) is 10.1. The SMILES string of the molecule is COc1cc(C(C)OC(=O)/C=C/C(=O)OC=O)ccc1OCCCCN1CCN(c2n[nH]c3ccccc23)CC1. The Labute approximate surface area is 232 Å². The monoisotopic (exact) mass is 550 g/mol. The Balaban J connectivity index is 1.17. The molecule has 1 fully saturated rings. The molecule has 2 aromatic carbocycles. The van der Waals surface area contributed by atoms with Crippen LogP contribution in [0, 0.1) is 0 Å². The number of anilines is 1. The lowest BCUT2D eigenvalue weighted by Gasteiger charge is -2.35. The van der Waals surface area contributed by atoms with Gasteiger partial charge in [-0.05, 0) is 56.1 Å². The zero-order valence-corrected chi connectivity index (χ0v) is 22.7. The van der Waals surface area contributed by atoms with E-state index < -0.39 is 18.0 Å². The summed E-state index contributed by atoms with van der Waals surface area (Å²) in [6.45, 7) is 7.15. The second-order valence-electron chi connectivity index (χ2n) is 9.33. The minimum absolute atomic E-state index is 0.0107. The Morgan fingerprint density at radius 2 is 1.80 bits per heavy atom. The summed E-state index contributed by atoms with van der Waals surface area (Å²) < 4.78 is 20.8. The van der Waals surface area contributed by atoms with Crippen LogP contribution < -0.4 is 14.4 Å². The fraction of sp³-hybridized carbons (Fsp3) is 0.379. The first-order chi connectivity index (χ1) is 19.5. The van der Waals surface area contributed by atoms with Crippen molar-refractivity contribution < 1.29 is 33.3 Å². The highest BCUT2D eigenvalue weighted by Crippen LogP contribution is 2.31. The Hall–Kier alpha value is -4.38. The van der Waals surface area contributed by atoms with Crippen molar-refractivity contribution in [1.82, 2.24) is 15.1 Å². The van der Waals surface area contributed by atoms with Crippen molar-refractivity contribution >= 4 is 35.1 Å². The largest absolute Gasteiger partial charge is 0.493 e. The maximum absolute atomic E-state index is 11.9. The highest BCUT2D eigenvalue weighted by molar-refractivity contribution is 5.93. The number of aromatic amines is 1. The number of aromatic nitrogens is 2. The minimum atomic E-state index is -0.954. The van der Waals surface area contributed by atoms with Crippen LogP contribution in [-0.4, -0.2) is 79.9 Å². The van der Waals surface area contributed by atoms with E-state index in [0.29, 0.717) is 23.7 Å². The summed E-state index contributed by atoms with van der Waals surface area (Å²) in [5.74, 6) is 0.481. The van der Waals surface area contributed by atoms with E-state index in [1.807, 2.05) is 18.2 Å². The van der Waals surface area contributed by atoms with E-state index in [0.717, 1.165) is 69.1 Å². The fourth-order valence-corrected chi connectivity index (χ4v) is 4.55. The molecule has 1 saturated heterocycles. The number of methoxy groups -OCH3 is 1. The van der Waals surface area contributed by atoms with Crippen LogP contribution in [0.2, 0.25) is 0 Å². The van der Waals surface area contributed by atoms with Crippen LogP contribution in [-0.2, 0) is 23.9 Å². The standard InChI is InChI=1S/C29H34N4O7/c1-21(40-28(36)12-11-27(35)39-20-34)22-9-10-25(26(19-22)37-2)38-18-6-5-13-32-14-16-33(17-15-32)29-23-7-3-4-8-24(23)30-31-29/h3-4,7-12,19-21H,5-6,13-18H2,1-2H3,(H,30,31)/b12-11+. The Bertz CT molecular complexity index is 1330. The molecule has 4 rings (SSSR count). The lowest BCUT2D eigenvalue weighted by molar-refractivity contribution is -0.148. The first-order valence-electron chi connectivity index (χ1n) is 13.2. The topological polar surface area (TPSA) is 123 Å². The number of unbranched alkanes of at least 4 members (excludes halogenated alkanes) is 1. The molecule has 0 amide bonds. The number of esters is 2. The first-order valence-corrected chi connectivity index (χ1v) is 13.2. The molecule has 1 aromatic heterocycles. The normalized spacial score (nSPS) is 14.7. The molecule has 0 aliphatic carbocycles. The summed E-state index contributed by atoms with van der Waals surface area (Å²) in [6.07, 6.45) is 3.05. The van der Waals surface area contributed by atoms with Crippen molar-refractivity contribution in [3.63, 3.8) is 0 Å². The van der Waals surface area contributed by atoms with Gasteiger partial charge in [-0.2, -0.15) is 5.10 Å². The maximum atomic E-state index is 11.9. The van der Waals surface area contributed by atoms with E-state index >= 15 is 0 Å². The number of fused-ring (bicyclic) bond motifs is 1. The average molecular weight is 551 g/mol. The first kappa shape index (κ1) is 28.6. The number of piperazine rings is 1. The molecule has 212 valence electrons. The van der Waals surface area contributed by atoms with Crippen molar-refractivity contribution in [3.8, 4) is 11.5 Å². The van der Waals surface area contributed by atoms with Gasteiger partial charge in [0.2, 0.25) is 0 Å². The van der Waals surface area contributed by atoms with Crippen molar-refractivity contribution in [2.24, 2.45) is 0 Å². The fourth-order valence-electron chi connectivity index (χ4n) is 4.55. The number of nitrogens with one attached hydrogen (secondary N) is 1. The Morgan fingerprint density at radius 3 is 2.58 bits per heavy atom. The van der Waals surface area contributed by atoms with Gasteiger partial charge in [0.25, 0.3) is 0 Å². The maximum Gasteiger partial charge on any atom is 0.338 e. The van der Waals surface area contributed by atoms with Gasteiger partial charge >= 0.3 is 18.4 Å². The van der Waals surface area contributed by atoms with E-state index in [-0.39, 0.29) is 6.47 Å². The van der Waals surface area contributed by atoms with Crippen LogP contribution in [0.3, 0.4) is 0 Å². The number of carbonyl (C=O) groups excluding carboxylic acids is 3. The lowest BCUT2D eigenvalue weighted by atomic mass is 10.1. The van der Waals surface area contributed by atoms with Crippen molar-refractivity contribution in [3.05, 3.63) is 60.2 Å². The van der Waals surface area contributed by atoms with Gasteiger partial charge in [0, 0.05) is 43.7 Å². The molecule has 0 bridgehead atoms. The predicted octanol–water partition coefficient (Wildman–Crippen LogP) is 3.41. The number of carbonyl (C=O) groups is 3. The van der Waals surface area contributed by atoms with Crippen LogP contribution >= 0.6 is 0 Å². The van der Waals surface area contributed by atoms with Crippen molar-refractivity contribution in [2.45, 2.75) is 25.9 Å². The number of nitrogens with zero attached hydrogens (tertiary/aromatic N) is 3. The number of hydrogen-bond donors (Lipinski definition) is 1. The van der Waals surface area contributed by atoms with Gasteiger partial charge in [-0.25, -0.2) is 9.59 Å². The molecular formula is C29H34N4O7. The van der Waals surface area contributed by atoms with E-state index in [9.17, 15) is 14.4 Å². The third-order valence-corrected chi connectivity index (χ3v) is 6.72. The molecule has 1 atom stereocenters. The number of H-pyrrole nitrogens is 1. The molecule has 1 aliphatic heterocycles. The van der Waals surface area contributed by atoms with E-state index in [1.54, 1.807) is 32.2 Å². The molecule has 2 heterocycles. The van der Waals surface area contributed by atoms with Crippen LogP contribution in [0.5, 0.6) is 11.5 Å². The zero-order chi connectivity index (χ0) is 28.3. The molecule has 0 radical (unpaired) electrons. The van der Waals surface area contributed by atoms with E-state index in [4.69, 9.17) is 14.2 Å². The highest BCUT2D eigenvalue weighted by Gasteiger charge is 2.20. The summed E-state index contributed by atoms with van der Waals surface area (Å²) in [5, 5.41) is 8.81. The average Bonchev–Trinajstić information content (AvgIpc) is 3.40. The summed E-state index contributed by atoms with van der Waals surface area (Å²) in [7, 11) is 1.55. The zero-order valence-electron chi connectivity index (χ0n) is 22.7. The van der Waals surface area contributed by atoms with Gasteiger partial charge in [0.15, 0.2) is 17.3 Å². The predicted molar refractivity (Wildman–Crippen MR) is 148 cm³/mol. The van der Waals surface area contributed by atoms with Gasteiger partial charge < -0.3 is 23.8 Å². The quantitative estimate of drug-likeness (QED) is 0.111. The summed E-state index contributed by atoms with van der Waals surface area (Å²) >= 11 is 0. The van der Waals surface area contributed by atoms with E-state index in [2.05, 4.69) is 30.8 Å². The lowest BCUT2D eigenvalue weighted by Crippen LogP contribution is -2.46. The van der Waals surface area contributed by atoms with Gasteiger partial charge in [0.1, 0.15) is 6.10 Å². The van der Waals surface area contributed by atoms with Gasteiger partial charge in [-0.3, -0.25) is 14.8 Å². The molecule has 40 heavy (non-hydrogen) atoms. The molecule has 3 aromatic rings. The molecule has 0 saturated carbocycles. The summed E-state index contributed by atoms with van der Waals surface area (Å²) in [4.78, 5) is 38.0. The molecule has 11 heteroatoms. The number of ether oxygens (including phenoxy) is 4. The van der Waals surface area contributed by atoms with Gasteiger partial charge in [0.05, 0.1) is 19.2 Å². The molecule has 0 spiro atoms. The van der Waals surface area contributed by atoms with E-state index in [1.165, 1.54) is 5.39 Å². The van der Waals surface area contributed by atoms with Gasteiger partial charge in [-0.1, -0.05) is 18.2 Å². The van der Waals surface area contributed by atoms with Crippen LogP contribution in [0.4, 0.5) is 5.82 Å². The third-order valence-electron chi connectivity index (χ3n) is 6.72. The van der Waals surface area contributed by atoms with Crippen molar-refractivity contribution in [1.29, 1.82) is 0 Å². The number of benzene rings is 2. The number of para-hydroxylation sites is 1. The number of hydrogen-bond acceptors (Lipinski definition) is 10. The highest BCUT2D eigenvalue weighted by atomic mass is 16.6. The summed E-state index contributed by atoms with van der Waals surface area (Å²) in [6, 6.07) is 13.5. The molecule has 1 aliphatic rings.